The van der Waals surface area contributed by atoms with E-state index >= 15 is 0 Å². The van der Waals surface area contributed by atoms with Crippen molar-refractivity contribution in [3.8, 4) is 6.19 Å². The van der Waals surface area contributed by atoms with Gasteiger partial charge in [-0.2, -0.15) is 5.26 Å². The Kier molecular flexibility index (Phi) is 8.83. The van der Waals surface area contributed by atoms with Crippen LogP contribution in [-0.2, 0) is 12.8 Å². The molecule has 0 bridgehead atoms. The van der Waals surface area contributed by atoms with Crippen molar-refractivity contribution in [1.29, 1.82) is 5.26 Å². The summed E-state index contributed by atoms with van der Waals surface area (Å²) in [6, 6.07) is 0. The average Bonchev–Trinajstić information content (AvgIpc) is 3.27. The highest BCUT2D eigenvalue weighted by Gasteiger charge is 1.99. The van der Waals surface area contributed by atoms with Crippen LogP contribution in [0.2, 0.25) is 0 Å². The van der Waals surface area contributed by atoms with Gasteiger partial charge < -0.3 is 5.32 Å². The molecule has 8 heteroatoms. The van der Waals surface area contributed by atoms with Gasteiger partial charge in [0.1, 0.15) is 0 Å². The van der Waals surface area contributed by atoms with Crippen molar-refractivity contribution >= 4 is 28.6 Å². The van der Waals surface area contributed by atoms with E-state index in [4.69, 9.17) is 5.26 Å². The molecule has 0 amide bonds. The summed E-state index contributed by atoms with van der Waals surface area (Å²) in [5.74, 6) is 0.570. The minimum atomic E-state index is 0.570. The maximum absolute atomic E-state index is 8.80. The maximum Gasteiger partial charge on any atom is 0.204 e. The van der Waals surface area contributed by atoms with E-state index in [9.17, 15) is 0 Å². The van der Waals surface area contributed by atoms with Crippen molar-refractivity contribution in [2.75, 3.05) is 13.1 Å². The molecule has 0 aliphatic carbocycles. The van der Waals surface area contributed by atoms with Crippen LogP contribution in [0.4, 0.5) is 0 Å². The summed E-state index contributed by atoms with van der Waals surface area (Å²) in [5.41, 5.74) is 0. The lowest BCUT2D eigenvalue weighted by Gasteiger charge is -2.07. The minimum Gasteiger partial charge on any atom is -0.356 e. The van der Waals surface area contributed by atoms with Gasteiger partial charge in [-0.3, -0.25) is 10.3 Å². The van der Waals surface area contributed by atoms with E-state index in [-0.39, 0.29) is 0 Å². The first-order chi connectivity index (χ1) is 11.9. The third-order valence-corrected chi connectivity index (χ3v) is 5.00. The van der Waals surface area contributed by atoms with Crippen LogP contribution < -0.4 is 10.6 Å². The number of aromatic nitrogens is 2. The van der Waals surface area contributed by atoms with Crippen LogP contribution in [0.15, 0.2) is 28.1 Å². The molecule has 0 aromatic carbocycles. The van der Waals surface area contributed by atoms with Crippen LogP contribution >= 0.6 is 22.7 Å². The largest absolute Gasteiger partial charge is 0.356 e. The van der Waals surface area contributed by atoms with Gasteiger partial charge >= 0.3 is 0 Å². The Morgan fingerprint density at radius 2 is 1.71 bits per heavy atom. The number of guanidine groups is 1. The third kappa shape index (κ3) is 7.53. The lowest BCUT2D eigenvalue weighted by atomic mass is 10.2. The van der Waals surface area contributed by atoms with Crippen LogP contribution in [0.3, 0.4) is 0 Å². The maximum atomic E-state index is 8.80. The fourth-order valence-electron chi connectivity index (χ4n) is 2.13. The molecule has 0 aliphatic rings. The number of aryl methyl sites for hydroxylation is 2. The first-order valence-electron chi connectivity index (χ1n) is 8.08. The number of thiazole rings is 2. The predicted molar refractivity (Wildman–Crippen MR) is 99.2 cm³/mol. The smallest absolute Gasteiger partial charge is 0.204 e. The van der Waals surface area contributed by atoms with Gasteiger partial charge in [0.25, 0.3) is 0 Å². The molecule has 2 N–H and O–H groups in total. The van der Waals surface area contributed by atoms with E-state index in [1.54, 1.807) is 22.7 Å². The minimum absolute atomic E-state index is 0.570. The van der Waals surface area contributed by atoms with Crippen LogP contribution in [0.1, 0.15) is 35.7 Å². The van der Waals surface area contributed by atoms with Crippen molar-refractivity contribution < 1.29 is 0 Å². The molecule has 6 nitrogen and oxygen atoms in total. The van der Waals surface area contributed by atoms with Crippen molar-refractivity contribution in [2.24, 2.45) is 4.99 Å². The van der Waals surface area contributed by atoms with Gasteiger partial charge in [0.2, 0.25) is 5.96 Å². The Morgan fingerprint density at radius 3 is 2.29 bits per heavy atom. The first-order valence-corrected chi connectivity index (χ1v) is 9.84. The van der Waals surface area contributed by atoms with E-state index in [0.717, 1.165) is 45.1 Å². The second-order valence-corrected chi connectivity index (χ2v) is 7.12. The summed E-state index contributed by atoms with van der Waals surface area (Å²) in [7, 11) is 0. The van der Waals surface area contributed by atoms with Gasteiger partial charge in [-0.25, -0.2) is 9.97 Å². The second kappa shape index (κ2) is 11.5. The highest BCUT2D eigenvalue weighted by Crippen LogP contribution is 2.08. The van der Waals surface area contributed by atoms with Crippen molar-refractivity contribution in [2.45, 2.75) is 38.5 Å². The van der Waals surface area contributed by atoms with E-state index in [1.165, 1.54) is 10.0 Å². The molecule has 0 saturated heterocycles. The van der Waals surface area contributed by atoms with Crippen LogP contribution in [0, 0.1) is 11.5 Å². The molecule has 0 aliphatic heterocycles. The van der Waals surface area contributed by atoms with Crippen molar-refractivity contribution in [1.82, 2.24) is 20.6 Å². The molecule has 2 heterocycles. The highest BCUT2D eigenvalue weighted by atomic mass is 32.1. The Hall–Kier alpha value is -1.98. The normalized spacial score (nSPS) is 11.2. The average molecular weight is 363 g/mol. The summed E-state index contributed by atoms with van der Waals surface area (Å²) in [6.45, 7) is 1.51. The van der Waals surface area contributed by atoms with Gasteiger partial charge in [-0.05, 0) is 38.5 Å². The van der Waals surface area contributed by atoms with Gasteiger partial charge in [0.15, 0.2) is 6.19 Å². The molecule has 0 radical (unpaired) electrons. The fourth-order valence-corrected chi connectivity index (χ4v) is 3.46. The monoisotopic (exact) mass is 362 g/mol. The lowest BCUT2D eigenvalue weighted by molar-refractivity contribution is 0.694. The summed E-state index contributed by atoms with van der Waals surface area (Å²) in [4.78, 5) is 13.0. The van der Waals surface area contributed by atoms with Crippen molar-refractivity contribution in [3.05, 3.63) is 33.2 Å². The molecule has 128 valence electrons. The molecule has 0 atom stereocenters. The Balaban J connectivity index is 1.56. The molecule has 0 spiro atoms. The number of nitrogens with zero attached hydrogens (tertiary/aromatic N) is 4. The van der Waals surface area contributed by atoms with E-state index in [0.29, 0.717) is 12.5 Å². The molecule has 0 fully saturated rings. The highest BCUT2D eigenvalue weighted by molar-refractivity contribution is 7.09. The number of unbranched alkanes of at least 4 members (excludes halogenated alkanes) is 2. The van der Waals surface area contributed by atoms with E-state index in [2.05, 4.69) is 25.6 Å². The van der Waals surface area contributed by atoms with Gasteiger partial charge in [0.05, 0.1) is 10.0 Å². The summed E-state index contributed by atoms with van der Waals surface area (Å²) in [5, 5.41) is 21.0. The zero-order chi connectivity index (χ0) is 16.9. The molecule has 0 saturated carbocycles. The van der Waals surface area contributed by atoms with Crippen LogP contribution in [0.25, 0.3) is 0 Å². The molecule has 2 aromatic rings. The number of nitriles is 1. The van der Waals surface area contributed by atoms with Crippen molar-refractivity contribution in [3.63, 3.8) is 0 Å². The molecule has 24 heavy (non-hydrogen) atoms. The summed E-state index contributed by atoms with van der Waals surface area (Å²) in [6.07, 6.45) is 11.8. The lowest BCUT2D eigenvalue weighted by Crippen LogP contribution is -2.35. The Morgan fingerprint density at radius 1 is 1.04 bits per heavy atom. The van der Waals surface area contributed by atoms with Gasteiger partial charge in [0, 0.05) is 36.2 Å². The molecule has 2 aromatic heterocycles. The first kappa shape index (κ1) is 18.4. The van der Waals surface area contributed by atoms with Crippen LogP contribution in [-0.4, -0.2) is 29.0 Å². The standard InChI is InChI=1S/C16H22N6S2/c17-13-22-16(20-7-3-1-5-14-18-9-11-23-14)21-8-4-2-6-15-19-10-12-24-15/h9-12H,1-8H2,(H2,20,21,22). The zero-order valence-corrected chi connectivity index (χ0v) is 15.2. The van der Waals surface area contributed by atoms with E-state index in [1.807, 2.05) is 29.3 Å². The van der Waals surface area contributed by atoms with Gasteiger partial charge in [-0.15, -0.1) is 22.7 Å². The van der Waals surface area contributed by atoms with Gasteiger partial charge in [-0.1, -0.05) is 0 Å². The molecular formula is C16H22N6S2. The van der Waals surface area contributed by atoms with Crippen LogP contribution in [0.5, 0.6) is 0 Å². The quantitative estimate of drug-likeness (QED) is 0.223. The SMILES string of the molecule is N#CNC(=NCCCCc1nccs1)NCCCCc1nccs1. The Bertz CT molecular complexity index is 616. The molecule has 0 unspecified atom stereocenters. The summed E-state index contributed by atoms with van der Waals surface area (Å²) < 4.78 is 0. The topological polar surface area (TPSA) is 86.0 Å². The zero-order valence-electron chi connectivity index (χ0n) is 13.6. The second-order valence-electron chi connectivity index (χ2n) is 5.16. The Labute approximate surface area is 150 Å². The summed E-state index contributed by atoms with van der Waals surface area (Å²) >= 11 is 3.39. The molecule has 2 rings (SSSR count). The predicted octanol–water partition coefficient (Wildman–Crippen LogP) is 2.96. The number of aliphatic imine (C=N–C) groups is 1. The molecular weight excluding hydrogens is 340 g/mol. The fraction of sp³-hybridized carbons (Fsp3) is 0.500. The van der Waals surface area contributed by atoms with E-state index < -0.39 is 0 Å². The number of rotatable bonds is 10. The number of hydrogen-bond donors (Lipinski definition) is 2. The number of nitrogens with one attached hydrogen (secondary N) is 2. The third-order valence-electron chi connectivity index (χ3n) is 3.32. The number of hydrogen-bond acceptors (Lipinski definition) is 6.